The molecule has 4 nitrogen and oxygen atoms in total. The first-order valence-corrected chi connectivity index (χ1v) is 7.44. The molecule has 1 aromatic rings. The lowest BCUT2D eigenvalue weighted by molar-refractivity contribution is -0.140. The zero-order valence-electron chi connectivity index (χ0n) is 11.7. The SMILES string of the molecule is C[C@@H]1CCC(N2CC(F)(F)C(=O)Cc3cnc(Cl)nc32)C1. The Labute approximate surface area is 126 Å². The Morgan fingerprint density at radius 2 is 2.19 bits per heavy atom. The van der Waals surface area contributed by atoms with Crippen molar-refractivity contribution >= 4 is 23.2 Å². The van der Waals surface area contributed by atoms with E-state index in [2.05, 4.69) is 16.9 Å². The number of nitrogens with zero attached hydrogens (tertiary/aromatic N) is 3. The number of rotatable bonds is 1. The third-order valence-corrected chi connectivity index (χ3v) is 4.50. The van der Waals surface area contributed by atoms with Crippen LogP contribution in [0, 0.1) is 5.92 Å². The summed E-state index contributed by atoms with van der Waals surface area (Å²) in [7, 11) is 0. The zero-order valence-corrected chi connectivity index (χ0v) is 12.4. The number of anilines is 1. The van der Waals surface area contributed by atoms with Crippen LogP contribution in [0.5, 0.6) is 0 Å². The van der Waals surface area contributed by atoms with Gasteiger partial charge in [0.1, 0.15) is 5.82 Å². The fourth-order valence-corrected chi connectivity index (χ4v) is 3.32. The first-order chi connectivity index (χ1) is 9.87. The number of alkyl halides is 2. The second kappa shape index (κ2) is 5.16. The molecule has 1 aromatic heterocycles. The summed E-state index contributed by atoms with van der Waals surface area (Å²) in [5.74, 6) is -3.56. The van der Waals surface area contributed by atoms with E-state index < -0.39 is 18.3 Å². The van der Waals surface area contributed by atoms with E-state index in [1.54, 1.807) is 4.90 Å². The van der Waals surface area contributed by atoms with E-state index >= 15 is 0 Å². The van der Waals surface area contributed by atoms with Crippen molar-refractivity contribution < 1.29 is 13.6 Å². The molecule has 2 heterocycles. The minimum atomic E-state index is -3.36. The molecule has 2 atom stereocenters. The minimum Gasteiger partial charge on any atom is -0.347 e. The Kier molecular flexibility index (Phi) is 3.59. The standard InChI is InChI=1S/C14H16ClF2N3O/c1-8-2-3-10(4-8)20-7-14(16,17)11(21)5-9-6-18-13(15)19-12(9)20/h6,8,10H,2-5,7H2,1H3/t8-,10?/m1/s1. The predicted molar refractivity (Wildman–Crippen MR) is 74.8 cm³/mol. The van der Waals surface area contributed by atoms with Crippen molar-refractivity contribution in [2.45, 2.75) is 44.6 Å². The maximum atomic E-state index is 14.1. The second-order valence-electron chi connectivity index (χ2n) is 5.99. The highest BCUT2D eigenvalue weighted by Crippen LogP contribution is 2.37. The van der Waals surface area contributed by atoms with E-state index in [1.165, 1.54) is 6.20 Å². The summed E-state index contributed by atoms with van der Waals surface area (Å²) in [4.78, 5) is 21.3. The van der Waals surface area contributed by atoms with Crippen LogP contribution >= 0.6 is 11.6 Å². The van der Waals surface area contributed by atoms with Gasteiger partial charge in [0, 0.05) is 24.2 Å². The fraction of sp³-hybridized carbons (Fsp3) is 0.643. The van der Waals surface area contributed by atoms with Crippen molar-refractivity contribution in [3.63, 3.8) is 0 Å². The van der Waals surface area contributed by atoms with Gasteiger partial charge in [-0.25, -0.2) is 9.97 Å². The number of carbonyl (C=O) groups excluding carboxylic acids is 1. The molecule has 0 spiro atoms. The Hall–Kier alpha value is -1.30. The van der Waals surface area contributed by atoms with Gasteiger partial charge in [0.25, 0.3) is 0 Å². The van der Waals surface area contributed by atoms with E-state index in [0.717, 1.165) is 19.3 Å². The van der Waals surface area contributed by atoms with Crippen LogP contribution in [0.3, 0.4) is 0 Å². The lowest BCUT2D eigenvalue weighted by Gasteiger charge is -2.31. The highest BCUT2D eigenvalue weighted by Gasteiger charge is 2.46. The summed E-state index contributed by atoms with van der Waals surface area (Å²) in [5, 5.41) is 0.0162. The largest absolute Gasteiger partial charge is 0.347 e. The van der Waals surface area contributed by atoms with Crippen molar-refractivity contribution in [1.29, 1.82) is 0 Å². The van der Waals surface area contributed by atoms with Gasteiger partial charge in [0.05, 0.1) is 6.54 Å². The number of ketones is 1. The molecule has 0 bridgehead atoms. The average molecular weight is 316 g/mol. The van der Waals surface area contributed by atoms with Crippen LogP contribution in [0.2, 0.25) is 5.28 Å². The van der Waals surface area contributed by atoms with Crippen LogP contribution in [0.15, 0.2) is 6.20 Å². The maximum Gasteiger partial charge on any atom is 0.322 e. The monoisotopic (exact) mass is 315 g/mol. The Morgan fingerprint density at radius 1 is 1.43 bits per heavy atom. The summed E-state index contributed by atoms with van der Waals surface area (Å²) >= 11 is 5.82. The molecular formula is C14H16ClF2N3O. The first-order valence-electron chi connectivity index (χ1n) is 7.06. The highest BCUT2D eigenvalue weighted by atomic mass is 35.5. The van der Waals surface area contributed by atoms with E-state index in [-0.39, 0.29) is 17.7 Å². The van der Waals surface area contributed by atoms with Gasteiger partial charge in [-0.1, -0.05) is 6.92 Å². The van der Waals surface area contributed by atoms with Gasteiger partial charge in [0.15, 0.2) is 0 Å². The predicted octanol–water partition coefficient (Wildman–Crippen LogP) is 2.89. The van der Waals surface area contributed by atoms with E-state index in [1.807, 2.05) is 0 Å². The van der Waals surface area contributed by atoms with E-state index in [4.69, 9.17) is 11.6 Å². The van der Waals surface area contributed by atoms with E-state index in [0.29, 0.717) is 17.3 Å². The molecular weight excluding hydrogens is 300 g/mol. The number of hydrogen-bond acceptors (Lipinski definition) is 4. The van der Waals surface area contributed by atoms with Gasteiger partial charge in [0.2, 0.25) is 11.1 Å². The van der Waals surface area contributed by atoms with Crippen LogP contribution in [0.1, 0.15) is 31.7 Å². The molecule has 114 valence electrons. The topological polar surface area (TPSA) is 46.1 Å². The molecule has 0 radical (unpaired) electrons. The number of fused-ring (bicyclic) bond motifs is 1. The number of aromatic nitrogens is 2. The molecule has 1 saturated carbocycles. The number of hydrogen-bond donors (Lipinski definition) is 0. The maximum absolute atomic E-state index is 14.1. The Morgan fingerprint density at radius 3 is 2.86 bits per heavy atom. The van der Waals surface area contributed by atoms with Gasteiger partial charge in [-0.3, -0.25) is 4.79 Å². The van der Waals surface area contributed by atoms with Crippen molar-refractivity contribution in [1.82, 2.24) is 9.97 Å². The van der Waals surface area contributed by atoms with Gasteiger partial charge in [-0.05, 0) is 36.8 Å². The molecule has 0 N–H and O–H groups in total. The van der Waals surface area contributed by atoms with Crippen LogP contribution in [0.25, 0.3) is 0 Å². The van der Waals surface area contributed by atoms with Gasteiger partial charge >= 0.3 is 5.92 Å². The molecule has 1 aliphatic carbocycles. The molecule has 2 aliphatic rings. The average Bonchev–Trinajstić information content (AvgIpc) is 2.80. The number of halogens is 3. The van der Waals surface area contributed by atoms with Crippen LogP contribution < -0.4 is 4.90 Å². The number of Topliss-reactive ketones (excluding diaryl/α,β-unsaturated/α-hetero) is 1. The lowest BCUT2D eigenvalue weighted by atomic mass is 10.1. The van der Waals surface area contributed by atoms with E-state index in [9.17, 15) is 13.6 Å². The van der Waals surface area contributed by atoms with Gasteiger partial charge in [-0.15, -0.1) is 0 Å². The number of carbonyl (C=O) groups is 1. The molecule has 0 saturated heterocycles. The quantitative estimate of drug-likeness (QED) is 0.748. The lowest BCUT2D eigenvalue weighted by Crippen LogP contribution is -2.45. The molecule has 7 heteroatoms. The fourth-order valence-electron chi connectivity index (χ4n) is 3.19. The molecule has 0 aromatic carbocycles. The third kappa shape index (κ3) is 2.73. The zero-order chi connectivity index (χ0) is 15.2. The Balaban J connectivity index is 2.04. The Bertz CT molecular complexity index is 581. The summed E-state index contributed by atoms with van der Waals surface area (Å²) in [5.41, 5.74) is 0.432. The van der Waals surface area contributed by atoms with Gasteiger partial charge < -0.3 is 4.90 Å². The van der Waals surface area contributed by atoms with Crippen LogP contribution in [-0.4, -0.2) is 34.3 Å². The van der Waals surface area contributed by atoms with Crippen LogP contribution in [-0.2, 0) is 11.2 Å². The summed E-state index contributed by atoms with van der Waals surface area (Å²) in [6, 6.07) is -0.0264. The van der Waals surface area contributed by atoms with Crippen molar-refractivity contribution in [2.24, 2.45) is 5.92 Å². The second-order valence-corrected chi connectivity index (χ2v) is 6.33. The van der Waals surface area contributed by atoms with Gasteiger partial charge in [-0.2, -0.15) is 8.78 Å². The summed E-state index contributed by atoms with van der Waals surface area (Å²) in [6.07, 6.45) is 3.68. The van der Waals surface area contributed by atoms with Crippen molar-refractivity contribution in [3.8, 4) is 0 Å². The third-order valence-electron chi connectivity index (χ3n) is 4.32. The van der Waals surface area contributed by atoms with Crippen molar-refractivity contribution in [3.05, 3.63) is 17.0 Å². The highest BCUT2D eigenvalue weighted by molar-refractivity contribution is 6.28. The molecule has 0 amide bonds. The molecule has 1 aliphatic heterocycles. The molecule has 3 rings (SSSR count). The molecule has 21 heavy (non-hydrogen) atoms. The normalized spacial score (nSPS) is 28.4. The molecule has 1 unspecified atom stereocenters. The first kappa shape index (κ1) is 14.6. The smallest absolute Gasteiger partial charge is 0.322 e. The summed E-state index contributed by atoms with van der Waals surface area (Å²) in [6.45, 7) is 1.48. The molecule has 1 fully saturated rings. The van der Waals surface area contributed by atoms with Crippen LogP contribution in [0.4, 0.5) is 14.6 Å². The summed E-state index contributed by atoms with van der Waals surface area (Å²) < 4.78 is 28.1. The van der Waals surface area contributed by atoms with Crippen molar-refractivity contribution in [2.75, 3.05) is 11.4 Å². The minimum absolute atomic E-state index is 0.0162.